The third kappa shape index (κ3) is 2.77. The second kappa shape index (κ2) is 6.43. The normalized spacial score (nSPS) is 15.4. The topological polar surface area (TPSA) is 93.3 Å². The van der Waals surface area contributed by atoms with Crippen LogP contribution in [0.4, 0.5) is 0 Å². The number of esters is 2. The molecule has 1 aromatic heterocycles. The Hall–Kier alpha value is -3.09. The number of hydrogen-bond donors (Lipinski definition) is 2. The maximum atomic E-state index is 12.4. The molecule has 0 atom stereocenters. The molecule has 1 aliphatic rings. The summed E-state index contributed by atoms with van der Waals surface area (Å²) < 4.78 is 9.86. The lowest BCUT2D eigenvalue weighted by Gasteiger charge is -2.28. The van der Waals surface area contributed by atoms with E-state index in [1.165, 1.54) is 14.2 Å². The number of benzene rings is 1. The lowest BCUT2D eigenvalue weighted by Crippen LogP contribution is -2.32. The van der Waals surface area contributed by atoms with E-state index in [4.69, 9.17) is 9.47 Å². The lowest BCUT2D eigenvalue weighted by molar-refractivity contribution is -0.137. The number of ether oxygens (including phenoxy) is 2. The quantitative estimate of drug-likeness (QED) is 0.831. The summed E-state index contributed by atoms with van der Waals surface area (Å²) in [6, 6.07) is 7.51. The van der Waals surface area contributed by atoms with Crippen molar-refractivity contribution in [2.75, 3.05) is 14.2 Å². The number of aromatic nitrogens is 2. The number of para-hydroxylation sites is 2. The number of rotatable bonds is 3. The monoisotopic (exact) mass is 341 g/mol. The molecule has 2 N–H and O–H groups in total. The van der Waals surface area contributed by atoms with Crippen LogP contribution in [0.2, 0.25) is 0 Å². The van der Waals surface area contributed by atoms with Crippen molar-refractivity contribution in [3.8, 4) is 0 Å². The molecule has 2 aromatic rings. The highest BCUT2D eigenvalue weighted by Gasteiger charge is 2.39. The van der Waals surface area contributed by atoms with E-state index >= 15 is 0 Å². The number of H-pyrrole nitrogens is 1. The second-order valence-electron chi connectivity index (χ2n) is 5.76. The highest BCUT2D eigenvalue weighted by molar-refractivity contribution is 5.99. The van der Waals surface area contributed by atoms with Gasteiger partial charge in [-0.15, -0.1) is 0 Å². The van der Waals surface area contributed by atoms with Gasteiger partial charge in [-0.2, -0.15) is 0 Å². The molecule has 130 valence electrons. The molecule has 1 aliphatic heterocycles. The van der Waals surface area contributed by atoms with Gasteiger partial charge in [0.2, 0.25) is 0 Å². The molecule has 0 amide bonds. The Morgan fingerprint density at radius 3 is 2.08 bits per heavy atom. The van der Waals surface area contributed by atoms with E-state index < -0.39 is 17.9 Å². The fraction of sp³-hybridized carbons (Fsp3) is 0.278. The predicted octanol–water partition coefficient (Wildman–Crippen LogP) is 2.14. The summed E-state index contributed by atoms with van der Waals surface area (Å²) in [7, 11) is 2.61. The average molecular weight is 341 g/mol. The molecule has 0 spiro atoms. The smallest absolute Gasteiger partial charge is 0.336 e. The minimum atomic E-state index is -0.700. The van der Waals surface area contributed by atoms with Crippen molar-refractivity contribution in [3.05, 3.63) is 52.6 Å². The molecular formula is C18H19N3O4. The number of dihydropyridines is 1. The number of imidazole rings is 1. The van der Waals surface area contributed by atoms with E-state index in [0.29, 0.717) is 28.4 Å². The van der Waals surface area contributed by atoms with Gasteiger partial charge in [0, 0.05) is 11.4 Å². The van der Waals surface area contributed by atoms with Crippen molar-refractivity contribution in [1.82, 2.24) is 15.3 Å². The van der Waals surface area contributed by atoms with Gasteiger partial charge in [0.05, 0.1) is 42.3 Å². The van der Waals surface area contributed by atoms with Gasteiger partial charge >= 0.3 is 11.9 Å². The molecule has 3 rings (SSSR count). The molecule has 2 heterocycles. The largest absolute Gasteiger partial charge is 0.466 e. The zero-order chi connectivity index (χ0) is 18.1. The van der Waals surface area contributed by atoms with E-state index in [0.717, 1.165) is 11.0 Å². The van der Waals surface area contributed by atoms with Crippen LogP contribution in [0.3, 0.4) is 0 Å². The first-order valence-electron chi connectivity index (χ1n) is 7.77. The fourth-order valence-electron chi connectivity index (χ4n) is 3.14. The van der Waals surface area contributed by atoms with Crippen LogP contribution >= 0.6 is 0 Å². The second-order valence-corrected chi connectivity index (χ2v) is 5.76. The Balaban J connectivity index is 2.24. The van der Waals surface area contributed by atoms with Crippen molar-refractivity contribution >= 4 is 23.0 Å². The highest BCUT2D eigenvalue weighted by Crippen LogP contribution is 2.38. The number of hydrogen-bond acceptors (Lipinski definition) is 6. The number of nitrogens with one attached hydrogen (secondary N) is 2. The molecular weight excluding hydrogens is 322 g/mol. The van der Waals surface area contributed by atoms with Crippen molar-refractivity contribution < 1.29 is 19.1 Å². The third-order valence-corrected chi connectivity index (χ3v) is 4.25. The number of fused-ring (bicyclic) bond motifs is 1. The van der Waals surface area contributed by atoms with Crippen molar-refractivity contribution in [3.63, 3.8) is 0 Å². The average Bonchev–Trinajstić information content (AvgIpc) is 3.03. The van der Waals surface area contributed by atoms with Crippen LogP contribution < -0.4 is 5.32 Å². The number of carbonyl (C=O) groups is 2. The zero-order valence-electron chi connectivity index (χ0n) is 14.5. The van der Waals surface area contributed by atoms with Crippen LogP contribution in [0, 0.1) is 0 Å². The number of carbonyl (C=O) groups excluding carboxylic acids is 2. The number of nitrogens with zero attached hydrogens (tertiary/aromatic N) is 1. The van der Waals surface area contributed by atoms with Gasteiger partial charge in [-0.05, 0) is 26.0 Å². The third-order valence-electron chi connectivity index (χ3n) is 4.25. The minimum absolute atomic E-state index is 0.326. The van der Waals surface area contributed by atoms with Crippen LogP contribution in [0.1, 0.15) is 25.6 Å². The van der Waals surface area contributed by atoms with Gasteiger partial charge in [0.25, 0.3) is 0 Å². The maximum Gasteiger partial charge on any atom is 0.336 e. The molecule has 7 nitrogen and oxygen atoms in total. The van der Waals surface area contributed by atoms with Gasteiger partial charge in [0.1, 0.15) is 5.82 Å². The Kier molecular flexibility index (Phi) is 4.31. The molecule has 0 aliphatic carbocycles. The molecule has 7 heteroatoms. The highest BCUT2D eigenvalue weighted by atomic mass is 16.5. The van der Waals surface area contributed by atoms with Gasteiger partial charge in [-0.1, -0.05) is 12.1 Å². The summed E-state index contributed by atoms with van der Waals surface area (Å²) in [5, 5.41) is 3.06. The van der Waals surface area contributed by atoms with E-state index in [-0.39, 0.29) is 0 Å². The minimum Gasteiger partial charge on any atom is -0.466 e. The molecule has 0 saturated heterocycles. The SMILES string of the molecule is COC(=O)C1=C(C)NC(C)=C(C(=O)OC)C1c1nc2ccccc2[nH]1. The van der Waals surface area contributed by atoms with Gasteiger partial charge in [-0.25, -0.2) is 14.6 Å². The molecule has 0 bridgehead atoms. The lowest BCUT2D eigenvalue weighted by atomic mass is 9.85. The summed E-state index contributed by atoms with van der Waals surface area (Å²) in [6.07, 6.45) is 0. The number of methoxy groups -OCH3 is 2. The molecule has 0 radical (unpaired) electrons. The van der Waals surface area contributed by atoms with E-state index in [9.17, 15) is 9.59 Å². The standard InChI is InChI=1S/C18H19N3O4/c1-9-13(17(22)24-3)15(14(10(2)19-9)18(23)25-4)16-20-11-7-5-6-8-12(11)21-16/h5-8,15,19H,1-4H3,(H,20,21). The fourth-order valence-corrected chi connectivity index (χ4v) is 3.14. The number of allylic oxidation sites excluding steroid dienone is 2. The first-order valence-corrected chi connectivity index (χ1v) is 7.77. The first kappa shape index (κ1) is 16.8. The van der Waals surface area contributed by atoms with Crippen molar-refractivity contribution in [2.45, 2.75) is 19.8 Å². The Morgan fingerprint density at radius 1 is 1.00 bits per heavy atom. The van der Waals surface area contributed by atoms with Crippen LogP contribution in [-0.2, 0) is 19.1 Å². The Morgan fingerprint density at radius 2 is 1.56 bits per heavy atom. The first-order chi connectivity index (χ1) is 12.0. The van der Waals surface area contributed by atoms with Crippen LogP contribution in [0.15, 0.2) is 46.8 Å². The van der Waals surface area contributed by atoms with E-state index in [2.05, 4.69) is 15.3 Å². The zero-order valence-corrected chi connectivity index (χ0v) is 14.5. The molecule has 25 heavy (non-hydrogen) atoms. The van der Waals surface area contributed by atoms with Gasteiger partial charge in [-0.3, -0.25) is 0 Å². The molecule has 0 unspecified atom stereocenters. The molecule has 1 aromatic carbocycles. The number of aromatic amines is 1. The van der Waals surface area contributed by atoms with Crippen LogP contribution in [-0.4, -0.2) is 36.1 Å². The summed E-state index contributed by atoms with van der Waals surface area (Å²) in [5.41, 5.74) is 3.45. The maximum absolute atomic E-state index is 12.4. The Labute approximate surface area is 144 Å². The summed E-state index contributed by atoms with van der Waals surface area (Å²) >= 11 is 0. The summed E-state index contributed by atoms with van der Waals surface area (Å²) in [5.74, 6) is -1.26. The molecule has 0 saturated carbocycles. The van der Waals surface area contributed by atoms with Crippen molar-refractivity contribution in [1.29, 1.82) is 0 Å². The predicted molar refractivity (Wildman–Crippen MR) is 91.4 cm³/mol. The summed E-state index contributed by atoms with van der Waals surface area (Å²) in [4.78, 5) is 32.6. The van der Waals surface area contributed by atoms with Crippen LogP contribution in [0.5, 0.6) is 0 Å². The summed E-state index contributed by atoms with van der Waals surface area (Å²) in [6.45, 7) is 3.53. The van der Waals surface area contributed by atoms with Gasteiger partial charge < -0.3 is 19.8 Å². The Bertz CT molecular complexity index is 852. The molecule has 0 fully saturated rings. The van der Waals surface area contributed by atoms with E-state index in [1.807, 2.05) is 24.3 Å². The van der Waals surface area contributed by atoms with Crippen LogP contribution in [0.25, 0.3) is 11.0 Å². The van der Waals surface area contributed by atoms with E-state index in [1.54, 1.807) is 13.8 Å². The van der Waals surface area contributed by atoms with Gasteiger partial charge in [0.15, 0.2) is 0 Å². The van der Waals surface area contributed by atoms with Crippen molar-refractivity contribution in [2.24, 2.45) is 0 Å².